The molecule has 3 aromatic heterocycles. The number of H-pyrrole nitrogens is 1. The third kappa shape index (κ3) is 3.05. The lowest BCUT2D eigenvalue weighted by atomic mass is 9.98. The van der Waals surface area contributed by atoms with Crippen LogP contribution in [0.25, 0.3) is 55.1 Å². The molecule has 0 saturated heterocycles. The summed E-state index contributed by atoms with van der Waals surface area (Å²) >= 11 is 0. The van der Waals surface area contributed by atoms with E-state index in [2.05, 4.69) is 26.2 Å². The molecular formula is C27H16FN5O. The third-order valence-electron chi connectivity index (χ3n) is 5.97. The molecule has 0 radical (unpaired) electrons. The number of benzene rings is 3. The van der Waals surface area contributed by atoms with Gasteiger partial charge in [0.2, 0.25) is 0 Å². The topological polar surface area (TPSA) is 87.5 Å². The molecule has 0 atom stereocenters. The summed E-state index contributed by atoms with van der Waals surface area (Å²) in [5.74, 6) is 0.149. The largest absolute Gasteiger partial charge is 0.496 e. The van der Waals surface area contributed by atoms with E-state index in [9.17, 15) is 4.39 Å². The number of rotatable bonds is 3. The standard InChI is InChI=1S/C27H16FN5O/c1-34-25-11-23-20(10-19(25)17-9-16-4-2-3-5-22(16)30-13-17)26-24(14-31-23)32-33-27(26)18-7-6-15(12-29)8-21(18)28/h2-11,13-14H,1H3,(H,32,33). The van der Waals surface area contributed by atoms with Crippen molar-refractivity contribution in [3.63, 3.8) is 0 Å². The summed E-state index contributed by atoms with van der Waals surface area (Å²) in [5, 5.41) is 19.0. The average molecular weight is 445 g/mol. The number of hydrogen-bond acceptors (Lipinski definition) is 5. The van der Waals surface area contributed by atoms with Gasteiger partial charge in [-0.15, -0.1) is 0 Å². The Morgan fingerprint density at radius 1 is 0.941 bits per heavy atom. The Bertz CT molecular complexity index is 1780. The van der Waals surface area contributed by atoms with Gasteiger partial charge in [0.15, 0.2) is 0 Å². The van der Waals surface area contributed by atoms with Crippen LogP contribution in [0.1, 0.15) is 5.56 Å². The van der Waals surface area contributed by atoms with Gasteiger partial charge in [-0.2, -0.15) is 10.4 Å². The maximum atomic E-state index is 14.9. The van der Waals surface area contributed by atoms with Crippen molar-refractivity contribution >= 4 is 32.7 Å². The van der Waals surface area contributed by atoms with Gasteiger partial charge in [0, 0.05) is 45.1 Å². The van der Waals surface area contributed by atoms with Crippen molar-refractivity contribution in [1.29, 1.82) is 5.26 Å². The summed E-state index contributed by atoms with van der Waals surface area (Å²) in [4.78, 5) is 9.15. The molecule has 162 valence electrons. The molecule has 0 spiro atoms. The van der Waals surface area contributed by atoms with Crippen molar-refractivity contribution in [3.8, 4) is 34.2 Å². The number of aromatic amines is 1. The molecule has 6 nitrogen and oxygen atoms in total. The van der Waals surface area contributed by atoms with Crippen LogP contribution in [0.15, 0.2) is 73.1 Å². The highest BCUT2D eigenvalue weighted by molar-refractivity contribution is 6.12. The van der Waals surface area contributed by atoms with Crippen molar-refractivity contribution < 1.29 is 9.13 Å². The summed E-state index contributed by atoms with van der Waals surface area (Å²) in [6, 6.07) is 20.2. The van der Waals surface area contributed by atoms with Gasteiger partial charge in [-0.1, -0.05) is 18.2 Å². The Morgan fingerprint density at radius 2 is 1.79 bits per heavy atom. The lowest BCUT2D eigenvalue weighted by molar-refractivity contribution is 0.417. The molecule has 0 aliphatic rings. The molecule has 7 heteroatoms. The zero-order valence-electron chi connectivity index (χ0n) is 18.0. The number of para-hydroxylation sites is 1. The molecule has 6 rings (SSSR count). The van der Waals surface area contributed by atoms with Crippen LogP contribution in [-0.4, -0.2) is 27.3 Å². The third-order valence-corrected chi connectivity index (χ3v) is 5.97. The van der Waals surface area contributed by atoms with Gasteiger partial charge in [0.25, 0.3) is 0 Å². The molecule has 3 aromatic carbocycles. The first-order valence-corrected chi connectivity index (χ1v) is 10.6. The van der Waals surface area contributed by atoms with E-state index in [4.69, 9.17) is 10.00 Å². The van der Waals surface area contributed by atoms with Crippen LogP contribution < -0.4 is 4.74 Å². The maximum absolute atomic E-state index is 14.9. The van der Waals surface area contributed by atoms with E-state index in [0.29, 0.717) is 28.0 Å². The number of methoxy groups -OCH3 is 1. The summed E-state index contributed by atoms with van der Waals surface area (Å²) in [6.45, 7) is 0. The second-order valence-electron chi connectivity index (χ2n) is 7.91. The van der Waals surface area contributed by atoms with Gasteiger partial charge < -0.3 is 4.74 Å². The molecule has 0 saturated carbocycles. The smallest absolute Gasteiger partial charge is 0.134 e. The van der Waals surface area contributed by atoms with Crippen LogP contribution in [0, 0.1) is 17.1 Å². The highest BCUT2D eigenvalue weighted by Crippen LogP contribution is 2.39. The second-order valence-corrected chi connectivity index (χ2v) is 7.91. The molecule has 0 unspecified atom stereocenters. The van der Waals surface area contributed by atoms with E-state index in [1.165, 1.54) is 6.07 Å². The number of nitrogens with zero attached hydrogens (tertiary/aromatic N) is 4. The molecule has 0 bridgehead atoms. The molecule has 34 heavy (non-hydrogen) atoms. The minimum atomic E-state index is -0.509. The van der Waals surface area contributed by atoms with Crippen LogP contribution in [0.3, 0.4) is 0 Å². The summed E-state index contributed by atoms with van der Waals surface area (Å²) in [5.41, 5.74) is 5.03. The Morgan fingerprint density at radius 3 is 2.62 bits per heavy atom. The molecule has 0 amide bonds. The normalized spacial score (nSPS) is 11.2. The van der Waals surface area contributed by atoms with Gasteiger partial charge in [0.1, 0.15) is 17.3 Å². The molecule has 0 aliphatic heterocycles. The highest BCUT2D eigenvalue weighted by Gasteiger charge is 2.18. The quantitative estimate of drug-likeness (QED) is 0.360. The van der Waals surface area contributed by atoms with Crippen molar-refractivity contribution in [2.75, 3.05) is 7.11 Å². The van der Waals surface area contributed by atoms with Crippen molar-refractivity contribution in [2.45, 2.75) is 0 Å². The molecule has 3 heterocycles. The Balaban J connectivity index is 1.64. The fraction of sp³-hybridized carbons (Fsp3) is 0.0370. The van der Waals surface area contributed by atoms with E-state index in [1.54, 1.807) is 25.4 Å². The van der Waals surface area contributed by atoms with Gasteiger partial charge in [-0.25, -0.2) is 4.39 Å². The first-order chi connectivity index (χ1) is 16.7. The first-order valence-electron chi connectivity index (χ1n) is 10.6. The Labute approximate surface area is 193 Å². The van der Waals surface area contributed by atoms with Crippen LogP contribution in [0.5, 0.6) is 5.75 Å². The number of pyridine rings is 2. The lowest BCUT2D eigenvalue weighted by Crippen LogP contribution is -1.92. The summed E-state index contributed by atoms with van der Waals surface area (Å²) in [6.07, 6.45) is 3.49. The van der Waals surface area contributed by atoms with Gasteiger partial charge in [-0.05, 0) is 36.4 Å². The average Bonchev–Trinajstić information content (AvgIpc) is 3.31. The van der Waals surface area contributed by atoms with Crippen molar-refractivity contribution in [1.82, 2.24) is 20.2 Å². The van der Waals surface area contributed by atoms with Crippen LogP contribution in [-0.2, 0) is 0 Å². The predicted octanol–water partition coefficient (Wildman–Crippen LogP) is 6.01. The molecule has 6 aromatic rings. The van der Waals surface area contributed by atoms with E-state index >= 15 is 0 Å². The van der Waals surface area contributed by atoms with Gasteiger partial charge in [-0.3, -0.25) is 15.1 Å². The van der Waals surface area contributed by atoms with E-state index in [0.717, 1.165) is 32.8 Å². The molecular weight excluding hydrogens is 429 g/mol. The van der Waals surface area contributed by atoms with Gasteiger partial charge >= 0.3 is 0 Å². The molecule has 1 N–H and O–H groups in total. The minimum absolute atomic E-state index is 0.253. The fourth-order valence-corrected chi connectivity index (χ4v) is 4.32. The first kappa shape index (κ1) is 19.8. The predicted molar refractivity (Wildman–Crippen MR) is 129 cm³/mol. The van der Waals surface area contributed by atoms with E-state index in [-0.39, 0.29) is 5.56 Å². The number of ether oxygens (including phenoxy) is 1. The fourth-order valence-electron chi connectivity index (χ4n) is 4.32. The molecule has 0 fully saturated rings. The summed E-state index contributed by atoms with van der Waals surface area (Å²) < 4.78 is 20.6. The van der Waals surface area contributed by atoms with Crippen LogP contribution in [0.2, 0.25) is 0 Å². The highest BCUT2D eigenvalue weighted by atomic mass is 19.1. The minimum Gasteiger partial charge on any atom is -0.496 e. The molecule has 0 aliphatic carbocycles. The zero-order chi connectivity index (χ0) is 23.2. The number of aromatic nitrogens is 4. The zero-order valence-corrected chi connectivity index (χ0v) is 18.0. The SMILES string of the molecule is COc1cc2ncc3[nH]nc(-c4ccc(C#N)cc4F)c3c2cc1-c1cnc2ccccc2c1. The number of hydrogen-bond donors (Lipinski definition) is 1. The van der Waals surface area contributed by atoms with Crippen LogP contribution >= 0.6 is 0 Å². The van der Waals surface area contributed by atoms with Crippen molar-refractivity contribution in [3.05, 3.63) is 84.4 Å². The number of nitrogens with one attached hydrogen (secondary N) is 1. The lowest BCUT2D eigenvalue weighted by Gasteiger charge is -2.12. The van der Waals surface area contributed by atoms with Gasteiger partial charge in [0.05, 0.1) is 41.5 Å². The van der Waals surface area contributed by atoms with Crippen LogP contribution in [0.4, 0.5) is 4.39 Å². The van der Waals surface area contributed by atoms with E-state index < -0.39 is 5.82 Å². The summed E-state index contributed by atoms with van der Waals surface area (Å²) in [7, 11) is 1.62. The monoisotopic (exact) mass is 445 g/mol. The van der Waals surface area contributed by atoms with Crippen molar-refractivity contribution in [2.24, 2.45) is 0 Å². The maximum Gasteiger partial charge on any atom is 0.134 e. The number of halogens is 1. The van der Waals surface area contributed by atoms with E-state index in [1.807, 2.05) is 48.7 Å². The number of fused-ring (bicyclic) bond motifs is 4. The second kappa shape index (κ2) is 7.64. The Kier molecular flexibility index (Phi) is 4.46. The number of nitriles is 1. The Hall–Kier alpha value is -4.83.